The molecule has 0 radical (unpaired) electrons. The highest BCUT2D eigenvalue weighted by Crippen LogP contribution is 2.24. The van der Waals surface area contributed by atoms with Crippen LogP contribution in [-0.2, 0) is 0 Å². The molecular weight excluding hydrogens is 260 g/mol. The molecule has 2 aromatic carbocycles. The second-order valence-corrected chi connectivity index (χ2v) is 4.64. The molecular formula is C17H14N4. The first-order valence-corrected chi connectivity index (χ1v) is 6.45. The highest BCUT2D eigenvalue weighted by Gasteiger charge is 2.08. The summed E-state index contributed by atoms with van der Waals surface area (Å²) in [6.45, 7) is 0. The van der Waals surface area contributed by atoms with Gasteiger partial charge in [-0.05, 0) is 30.3 Å². The minimum Gasteiger partial charge on any atom is -0.382 e. The van der Waals surface area contributed by atoms with Gasteiger partial charge < -0.3 is 16.1 Å². The maximum atomic E-state index is 5.69. The topological polar surface area (TPSA) is 69.3 Å². The van der Waals surface area contributed by atoms with Crippen LogP contribution in [0, 0.1) is 12.3 Å². The molecule has 0 saturated heterocycles. The molecule has 0 saturated carbocycles. The van der Waals surface area contributed by atoms with Crippen LogP contribution in [-0.4, -0.2) is 10.4 Å². The van der Waals surface area contributed by atoms with E-state index in [4.69, 9.17) is 18.0 Å². The molecule has 3 aromatic rings. The highest BCUT2D eigenvalue weighted by molar-refractivity contribution is 5.97. The molecule has 21 heavy (non-hydrogen) atoms. The predicted octanol–water partition coefficient (Wildman–Crippen LogP) is 2.19. The molecule has 1 aromatic heterocycles. The van der Waals surface area contributed by atoms with E-state index in [1.165, 1.54) is 0 Å². The van der Waals surface area contributed by atoms with Crippen LogP contribution in [0.25, 0.3) is 16.6 Å². The quantitative estimate of drug-likeness (QED) is 0.247. The summed E-state index contributed by atoms with van der Waals surface area (Å²) >= 11 is 0. The Balaban J connectivity index is 2.15. The lowest BCUT2D eigenvalue weighted by atomic mass is 10.2. The summed E-state index contributed by atoms with van der Waals surface area (Å²) in [7, 11) is 0. The average molecular weight is 274 g/mol. The van der Waals surface area contributed by atoms with Crippen molar-refractivity contribution in [2.24, 2.45) is 16.7 Å². The van der Waals surface area contributed by atoms with Gasteiger partial charge in [-0.1, -0.05) is 24.1 Å². The number of aromatic nitrogens is 1. The van der Waals surface area contributed by atoms with E-state index in [1.807, 2.05) is 54.7 Å². The third-order valence-electron chi connectivity index (χ3n) is 3.45. The van der Waals surface area contributed by atoms with Crippen molar-refractivity contribution in [3.8, 4) is 18.0 Å². The van der Waals surface area contributed by atoms with Gasteiger partial charge in [0.2, 0.25) is 0 Å². The van der Waals surface area contributed by atoms with Gasteiger partial charge >= 0.3 is 0 Å². The van der Waals surface area contributed by atoms with Crippen molar-refractivity contribution < 1.29 is 0 Å². The normalized spacial score (nSPS) is 11.5. The summed E-state index contributed by atoms with van der Waals surface area (Å²) in [5, 5.41) is 4.55. The summed E-state index contributed by atoms with van der Waals surface area (Å²) in [5.74, 6) is 8.22. The fourth-order valence-corrected chi connectivity index (χ4v) is 2.38. The first kappa shape index (κ1) is 12.8. The van der Waals surface area contributed by atoms with E-state index in [-0.39, 0.29) is 0 Å². The number of para-hydroxylation sites is 1. The lowest BCUT2D eigenvalue weighted by Gasteiger charge is -2.06. The van der Waals surface area contributed by atoms with Crippen LogP contribution in [0.5, 0.6) is 0 Å². The summed E-state index contributed by atoms with van der Waals surface area (Å²) < 4.78 is 2.06. The average Bonchev–Trinajstić information content (AvgIpc) is 2.93. The van der Waals surface area contributed by atoms with E-state index < -0.39 is 0 Å². The van der Waals surface area contributed by atoms with E-state index in [1.54, 1.807) is 0 Å². The van der Waals surface area contributed by atoms with Crippen molar-refractivity contribution >= 4 is 16.7 Å². The van der Waals surface area contributed by atoms with Crippen molar-refractivity contribution in [2.45, 2.75) is 0 Å². The molecule has 0 atom stereocenters. The lowest BCUT2D eigenvalue weighted by Crippen LogP contribution is -2.15. The Hall–Kier alpha value is -3.19. The maximum absolute atomic E-state index is 5.69. The zero-order chi connectivity index (χ0) is 14.8. The minimum absolute atomic E-state index is 0.309. The molecule has 102 valence electrons. The maximum Gasteiger partial charge on any atom is 0.150 e. The first-order valence-electron chi connectivity index (χ1n) is 6.45. The van der Waals surface area contributed by atoms with Crippen LogP contribution < -0.4 is 11.6 Å². The van der Waals surface area contributed by atoms with Crippen molar-refractivity contribution in [3.63, 3.8) is 0 Å². The summed E-state index contributed by atoms with van der Waals surface area (Å²) in [5.41, 5.74) is 9.42. The zero-order valence-corrected chi connectivity index (χ0v) is 11.3. The number of hydrazone groups is 1. The Kier molecular flexibility index (Phi) is 3.09. The van der Waals surface area contributed by atoms with Gasteiger partial charge in [0.25, 0.3) is 0 Å². The van der Waals surface area contributed by atoms with Gasteiger partial charge in [0, 0.05) is 22.8 Å². The smallest absolute Gasteiger partial charge is 0.150 e. The Morgan fingerprint density at radius 2 is 1.81 bits per heavy atom. The Labute approximate surface area is 122 Å². The Morgan fingerprint density at radius 1 is 1.10 bits per heavy atom. The monoisotopic (exact) mass is 274 g/mol. The predicted molar refractivity (Wildman–Crippen MR) is 86.1 cm³/mol. The molecule has 0 amide bonds. The summed E-state index contributed by atoms with van der Waals surface area (Å²) in [4.78, 5) is 0. The molecule has 4 N–H and O–H groups in total. The molecule has 3 rings (SSSR count). The van der Waals surface area contributed by atoms with Gasteiger partial charge in [-0.2, -0.15) is 5.10 Å². The van der Waals surface area contributed by atoms with Gasteiger partial charge in [-0.3, -0.25) is 0 Å². The van der Waals surface area contributed by atoms with Gasteiger partial charge in [-0.25, -0.2) is 0 Å². The second-order valence-electron chi connectivity index (χ2n) is 4.64. The van der Waals surface area contributed by atoms with E-state index in [2.05, 4.69) is 15.6 Å². The SMILES string of the molecule is C#Cc1cn(-c2ccc(/C(N)=N/N)cc2)c2ccccc12. The van der Waals surface area contributed by atoms with Crippen LogP contribution in [0.3, 0.4) is 0 Å². The number of rotatable bonds is 2. The molecule has 1 heterocycles. The Morgan fingerprint density at radius 3 is 2.48 bits per heavy atom. The molecule has 0 unspecified atom stereocenters. The molecule has 0 bridgehead atoms. The number of amidine groups is 1. The van der Waals surface area contributed by atoms with Crippen LogP contribution in [0.2, 0.25) is 0 Å². The second kappa shape index (κ2) is 5.06. The number of nitrogens with two attached hydrogens (primary N) is 2. The third kappa shape index (κ3) is 2.11. The summed E-state index contributed by atoms with van der Waals surface area (Å²) in [6, 6.07) is 15.7. The number of terminal acetylenes is 1. The number of nitrogens with zero attached hydrogens (tertiary/aromatic N) is 2. The molecule has 0 spiro atoms. The molecule has 0 aliphatic heterocycles. The van der Waals surface area contributed by atoms with Gasteiger partial charge in [0.15, 0.2) is 0 Å². The third-order valence-corrected chi connectivity index (χ3v) is 3.45. The van der Waals surface area contributed by atoms with Crippen molar-refractivity contribution in [3.05, 3.63) is 65.9 Å². The number of hydrogen-bond donors (Lipinski definition) is 2. The van der Waals surface area contributed by atoms with E-state index in [9.17, 15) is 0 Å². The number of hydrogen-bond acceptors (Lipinski definition) is 2. The molecule has 0 aliphatic rings. The minimum atomic E-state index is 0.309. The fourth-order valence-electron chi connectivity index (χ4n) is 2.38. The summed E-state index contributed by atoms with van der Waals surface area (Å²) in [6.07, 6.45) is 7.54. The van der Waals surface area contributed by atoms with Crippen molar-refractivity contribution in [1.29, 1.82) is 0 Å². The van der Waals surface area contributed by atoms with Gasteiger partial charge in [0.1, 0.15) is 5.84 Å². The van der Waals surface area contributed by atoms with Crippen LogP contribution in [0.4, 0.5) is 0 Å². The van der Waals surface area contributed by atoms with Crippen LogP contribution in [0.15, 0.2) is 59.8 Å². The Bertz CT molecular complexity index is 864. The van der Waals surface area contributed by atoms with E-state index in [0.29, 0.717) is 5.84 Å². The number of fused-ring (bicyclic) bond motifs is 1. The first-order chi connectivity index (χ1) is 10.2. The van der Waals surface area contributed by atoms with Crippen molar-refractivity contribution in [2.75, 3.05) is 0 Å². The fraction of sp³-hybridized carbons (Fsp3) is 0. The largest absolute Gasteiger partial charge is 0.382 e. The zero-order valence-electron chi connectivity index (χ0n) is 11.3. The van der Waals surface area contributed by atoms with E-state index >= 15 is 0 Å². The van der Waals surface area contributed by atoms with Crippen LogP contribution in [0.1, 0.15) is 11.1 Å². The highest BCUT2D eigenvalue weighted by atomic mass is 15.2. The molecule has 0 fully saturated rings. The number of benzene rings is 2. The van der Waals surface area contributed by atoms with Crippen molar-refractivity contribution in [1.82, 2.24) is 4.57 Å². The van der Waals surface area contributed by atoms with E-state index in [0.717, 1.165) is 27.7 Å². The standard InChI is InChI=1S/C17H14N4/c1-2-12-11-21(16-6-4-3-5-15(12)16)14-9-7-13(8-10-14)17(18)20-19/h1,3-11H,19H2,(H2,18,20). The molecule has 4 heteroatoms. The van der Waals surface area contributed by atoms with Crippen LogP contribution >= 0.6 is 0 Å². The van der Waals surface area contributed by atoms with Gasteiger partial charge in [-0.15, -0.1) is 6.42 Å². The molecule has 0 aliphatic carbocycles. The van der Waals surface area contributed by atoms with Gasteiger partial charge in [0.05, 0.1) is 11.1 Å². The molecule has 4 nitrogen and oxygen atoms in total. The lowest BCUT2D eigenvalue weighted by molar-refractivity contribution is 1.12.